The molecule has 120 valence electrons. The van der Waals surface area contributed by atoms with Crippen LogP contribution in [0.15, 0.2) is 46.8 Å². The number of aliphatic hydroxyl groups is 1. The van der Waals surface area contributed by atoms with E-state index >= 15 is 0 Å². The van der Waals surface area contributed by atoms with E-state index in [1.165, 1.54) is 22.2 Å². The van der Waals surface area contributed by atoms with Crippen LogP contribution in [0.4, 0.5) is 0 Å². The minimum atomic E-state index is -0.811. The van der Waals surface area contributed by atoms with Crippen molar-refractivity contribution in [2.45, 2.75) is 12.6 Å². The number of aliphatic hydroxyl groups excluding tert-OH is 1. The van der Waals surface area contributed by atoms with Gasteiger partial charge in [-0.05, 0) is 35.7 Å². The van der Waals surface area contributed by atoms with E-state index in [4.69, 9.17) is 9.47 Å². The second kappa shape index (κ2) is 6.80. The Kier molecular flexibility index (Phi) is 4.59. The lowest BCUT2D eigenvalue weighted by atomic mass is 10.3. The minimum Gasteiger partial charge on any atom is -0.497 e. The summed E-state index contributed by atoms with van der Waals surface area (Å²) in [4.78, 5) is 16.4. The zero-order valence-electron chi connectivity index (χ0n) is 12.5. The highest BCUT2D eigenvalue weighted by Gasteiger charge is 2.11. The van der Waals surface area contributed by atoms with Gasteiger partial charge in [0, 0.05) is 0 Å². The van der Waals surface area contributed by atoms with E-state index in [1.54, 1.807) is 37.4 Å². The quantitative estimate of drug-likeness (QED) is 0.746. The summed E-state index contributed by atoms with van der Waals surface area (Å²) in [5, 5.41) is 11.9. The Morgan fingerprint density at radius 2 is 2.00 bits per heavy atom. The van der Waals surface area contributed by atoms with Gasteiger partial charge in [-0.15, -0.1) is 11.3 Å². The predicted octanol–water partition coefficient (Wildman–Crippen LogP) is 1.91. The standard InChI is InChI=1S/C16H16N2O4S/c1-21-12-2-4-13(5-3-12)22-9-11(19)8-18-10-17-14-6-7-23-15(14)16(18)20/h2-7,10-11,19H,8-9H2,1H3. The van der Waals surface area contributed by atoms with Gasteiger partial charge in [-0.2, -0.15) is 0 Å². The predicted molar refractivity (Wildman–Crippen MR) is 88.4 cm³/mol. The number of rotatable bonds is 6. The van der Waals surface area contributed by atoms with Gasteiger partial charge in [0.05, 0.1) is 25.5 Å². The molecule has 3 aromatic rings. The number of hydrogen-bond donors (Lipinski definition) is 1. The molecule has 1 atom stereocenters. The highest BCUT2D eigenvalue weighted by molar-refractivity contribution is 7.17. The molecule has 2 heterocycles. The Hall–Kier alpha value is -2.38. The molecule has 2 aromatic heterocycles. The van der Waals surface area contributed by atoms with Crippen molar-refractivity contribution in [1.29, 1.82) is 0 Å². The molecule has 1 N–H and O–H groups in total. The third-order valence-electron chi connectivity index (χ3n) is 3.35. The van der Waals surface area contributed by atoms with Crippen LogP contribution in [0.1, 0.15) is 0 Å². The zero-order valence-corrected chi connectivity index (χ0v) is 13.3. The molecule has 0 saturated heterocycles. The zero-order chi connectivity index (χ0) is 16.2. The summed E-state index contributed by atoms with van der Waals surface area (Å²) in [5.74, 6) is 1.36. The van der Waals surface area contributed by atoms with Crippen LogP contribution in [-0.4, -0.2) is 34.5 Å². The van der Waals surface area contributed by atoms with E-state index in [1.807, 2.05) is 5.38 Å². The molecule has 0 bridgehead atoms. The number of ether oxygens (including phenoxy) is 2. The summed E-state index contributed by atoms with van der Waals surface area (Å²) < 4.78 is 12.6. The van der Waals surface area contributed by atoms with Crippen LogP contribution in [0.2, 0.25) is 0 Å². The van der Waals surface area contributed by atoms with E-state index in [2.05, 4.69) is 4.98 Å². The summed E-state index contributed by atoms with van der Waals surface area (Å²) in [6, 6.07) is 8.88. The molecule has 0 aliphatic carbocycles. The molecule has 7 heteroatoms. The fraction of sp³-hybridized carbons (Fsp3) is 0.250. The van der Waals surface area contributed by atoms with Crippen molar-refractivity contribution >= 4 is 21.6 Å². The van der Waals surface area contributed by atoms with E-state index in [-0.39, 0.29) is 18.7 Å². The third kappa shape index (κ3) is 3.52. The Morgan fingerprint density at radius 3 is 2.74 bits per heavy atom. The number of aromatic nitrogens is 2. The molecule has 23 heavy (non-hydrogen) atoms. The number of benzene rings is 1. The third-order valence-corrected chi connectivity index (χ3v) is 4.24. The van der Waals surface area contributed by atoms with Gasteiger partial charge in [-0.1, -0.05) is 0 Å². The van der Waals surface area contributed by atoms with Crippen LogP contribution in [0.25, 0.3) is 10.2 Å². The summed E-state index contributed by atoms with van der Waals surface area (Å²) in [6.45, 7) is 0.219. The highest BCUT2D eigenvalue weighted by Crippen LogP contribution is 2.17. The number of nitrogens with zero attached hydrogens (tertiary/aromatic N) is 2. The normalized spacial score (nSPS) is 12.3. The molecule has 0 fully saturated rings. The van der Waals surface area contributed by atoms with Gasteiger partial charge < -0.3 is 14.6 Å². The lowest BCUT2D eigenvalue weighted by molar-refractivity contribution is 0.0914. The van der Waals surface area contributed by atoms with Crippen molar-refractivity contribution in [3.05, 3.63) is 52.4 Å². The van der Waals surface area contributed by atoms with Crippen LogP contribution in [0.3, 0.4) is 0 Å². The van der Waals surface area contributed by atoms with Gasteiger partial charge in [0.15, 0.2) is 0 Å². The average Bonchev–Trinajstić information content (AvgIpc) is 3.05. The molecule has 0 aliphatic heterocycles. The minimum absolute atomic E-state index is 0.0846. The summed E-state index contributed by atoms with van der Waals surface area (Å²) in [6.07, 6.45) is 0.641. The lowest BCUT2D eigenvalue weighted by Gasteiger charge is -2.14. The molecular formula is C16H16N2O4S. The fourth-order valence-corrected chi connectivity index (χ4v) is 2.95. The van der Waals surface area contributed by atoms with E-state index in [0.717, 1.165) is 5.75 Å². The second-order valence-electron chi connectivity index (χ2n) is 4.98. The summed E-state index contributed by atoms with van der Waals surface area (Å²) >= 11 is 1.35. The Balaban J connectivity index is 1.62. The second-order valence-corrected chi connectivity index (χ2v) is 5.89. The van der Waals surface area contributed by atoms with Gasteiger partial charge in [0.25, 0.3) is 5.56 Å². The highest BCUT2D eigenvalue weighted by atomic mass is 32.1. The van der Waals surface area contributed by atoms with Gasteiger partial charge in [-0.25, -0.2) is 4.98 Å². The van der Waals surface area contributed by atoms with E-state index in [0.29, 0.717) is 16.0 Å². The Morgan fingerprint density at radius 1 is 1.26 bits per heavy atom. The van der Waals surface area contributed by atoms with Crippen LogP contribution >= 0.6 is 11.3 Å². The molecule has 0 aliphatic rings. The van der Waals surface area contributed by atoms with Gasteiger partial charge in [-0.3, -0.25) is 9.36 Å². The maximum atomic E-state index is 12.2. The van der Waals surface area contributed by atoms with Crippen LogP contribution < -0.4 is 15.0 Å². The molecule has 0 spiro atoms. The molecule has 1 aromatic carbocycles. The van der Waals surface area contributed by atoms with Crippen molar-refractivity contribution in [2.24, 2.45) is 0 Å². The largest absolute Gasteiger partial charge is 0.497 e. The molecule has 6 nitrogen and oxygen atoms in total. The maximum absolute atomic E-state index is 12.2. The molecule has 1 unspecified atom stereocenters. The Bertz CT molecular complexity index is 841. The number of thiophene rings is 1. The van der Waals surface area contributed by atoms with Crippen molar-refractivity contribution < 1.29 is 14.6 Å². The van der Waals surface area contributed by atoms with E-state index in [9.17, 15) is 9.90 Å². The smallest absolute Gasteiger partial charge is 0.271 e. The SMILES string of the molecule is COc1ccc(OCC(O)Cn2cnc3ccsc3c2=O)cc1. The molecule has 0 radical (unpaired) electrons. The number of fused-ring (bicyclic) bond motifs is 1. The molecule has 0 saturated carbocycles. The van der Waals surface area contributed by atoms with Crippen LogP contribution in [0, 0.1) is 0 Å². The van der Waals surface area contributed by atoms with Crippen molar-refractivity contribution in [3.8, 4) is 11.5 Å². The van der Waals surface area contributed by atoms with Crippen molar-refractivity contribution in [2.75, 3.05) is 13.7 Å². The van der Waals surface area contributed by atoms with E-state index < -0.39 is 6.10 Å². The van der Waals surface area contributed by atoms with Gasteiger partial charge in [0.2, 0.25) is 0 Å². The van der Waals surface area contributed by atoms with Crippen LogP contribution in [0.5, 0.6) is 11.5 Å². The van der Waals surface area contributed by atoms with Crippen LogP contribution in [-0.2, 0) is 6.54 Å². The first-order valence-electron chi connectivity index (χ1n) is 7.05. The number of methoxy groups -OCH3 is 1. The first-order chi connectivity index (χ1) is 11.2. The molecule has 0 amide bonds. The van der Waals surface area contributed by atoms with Gasteiger partial charge >= 0.3 is 0 Å². The summed E-state index contributed by atoms with van der Waals surface area (Å²) in [5.41, 5.74) is 0.536. The maximum Gasteiger partial charge on any atom is 0.271 e. The lowest BCUT2D eigenvalue weighted by Crippen LogP contribution is -2.30. The molecular weight excluding hydrogens is 316 g/mol. The summed E-state index contributed by atoms with van der Waals surface area (Å²) in [7, 11) is 1.59. The first kappa shape index (κ1) is 15.5. The topological polar surface area (TPSA) is 73.6 Å². The first-order valence-corrected chi connectivity index (χ1v) is 7.93. The molecule has 3 rings (SSSR count). The fourth-order valence-electron chi connectivity index (χ4n) is 2.15. The monoisotopic (exact) mass is 332 g/mol. The van der Waals surface area contributed by atoms with Gasteiger partial charge in [0.1, 0.15) is 28.9 Å². The van der Waals surface area contributed by atoms with Crippen molar-refractivity contribution in [1.82, 2.24) is 9.55 Å². The number of hydrogen-bond acceptors (Lipinski definition) is 6. The van der Waals surface area contributed by atoms with Crippen molar-refractivity contribution in [3.63, 3.8) is 0 Å². The Labute approximate surface area is 136 Å². The average molecular weight is 332 g/mol.